The molecular weight excluding hydrogens is 352 g/mol. The number of aryl methyl sites for hydroxylation is 1. The first-order chi connectivity index (χ1) is 12.6. The number of rotatable bonds is 5. The highest BCUT2D eigenvalue weighted by atomic mass is 32.2. The molecule has 0 aromatic carbocycles. The highest BCUT2D eigenvalue weighted by Gasteiger charge is 2.49. The summed E-state index contributed by atoms with van der Waals surface area (Å²) in [6, 6.07) is 0. The number of hydrogen-bond donors (Lipinski definition) is 0. The Hall–Kier alpha value is -1.57. The van der Waals surface area contributed by atoms with Gasteiger partial charge in [-0.25, -0.2) is 0 Å². The first kappa shape index (κ1) is 17.8. The van der Waals surface area contributed by atoms with Crippen LogP contribution >= 0.6 is 11.8 Å². The number of thioether (sulfide) groups is 1. The zero-order valence-electron chi connectivity index (χ0n) is 15.3. The number of carbonyl (C=O) groups excluding carboxylic acids is 2. The van der Waals surface area contributed by atoms with Gasteiger partial charge in [0.2, 0.25) is 17.7 Å². The van der Waals surface area contributed by atoms with Gasteiger partial charge in [-0.1, -0.05) is 18.2 Å². The summed E-state index contributed by atoms with van der Waals surface area (Å²) in [5.74, 6) is 1.80. The largest absolute Gasteiger partial charge is 0.416 e. The normalized spacial score (nSPS) is 26.6. The Morgan fingerprint density at radius 2 is 2.12 bits per heavy atom. The molecule has 3 aliphatic rings. The lowest BCUT2D eigenvalue weighted by molar-refractivity contribution is -0.147. The third kappa shape index (κ3) is 3.48. The Kier molecular flexibility index (Phi) is 4.94. The van der Waals surface area contributed by atoms with Gasteiger partial charge in [-0.15, -0.1) is 10.2 Å². The summed E-state index contributed by atoms with van der Waals surface area (Å²) in [6.45, 7) is 4.77. The van der Waals surface area contributed by atoms with Gasteiger partial charge < -0.3 is 14.2 Å². The minimum Gasteiger partial charge on any atom is -0.416 e. The second-order valence-corrected chi connectivity index (χ2v) is 8.80. The molecule has 0 unspecified atom stereocenters. The van der Waals surface area contributed by atoms with Gasteiger partial charge >= 0.3 is 0 Å². The summed E-state index contributed by atoms with van der Waals surface area (Å²) in [5.41, 5.74) is -0.344. The van der Waals surface area contributed by atoms with Crippen LogP contribution in [0.1, 0.15) is 44.4 Å². The fourth-order valence-corrected chi connectivity index (χ4v) is 5.04. The SMILES string of the molecule is Cc1nnc(SCC(=O)N2CC[C@@]3(CCCN(CC4CCC4)C3=O)C2)o1. The zero-order chi connectivity index (χ0) is 18.1. The van der Waals surface area contributed by atoms with E-state index in [9.17, 15) is 9.59 Å². The first-order valence-electron chi connectivity index (χ1n) is 9.56. The molecule has 1 aromatic heterocycles. The van der Waals surface area contributed by atoms with Crippen LogP contribution in [0.5, 0.6) is 0 Å². The Morgan fingerprint density at radius 1 is 1.27 bits per heavy atom. The van der Waals surface area contributed by atoms with Crippen molar-refractivity contribution in [1.82, 2.24) is 20.0 Å². The van der Waals surface area contributed by atoms with E-state index in [1.165, 1.54) is 31.0 Å². The van der Waals surface area contributed by atoms with E-state index >= 15 is 0 Å². The van der Waals surface area contributed by atoms with Gasteiger partial charge in [-0.3, -0.25) is 9.59 Å². The molecule has 0 radical (unpaired) electrons. The number of nitrogens with zero attached hydrogens (tertiary/aromatic N) is 4. The van der Waals surface area contributed by atoms with Crippen molar-refractivity contribution in [3.8, 4) is 0 Å². The van der Waals surface area contributed by atoms with Crippen LogP contribution in [0.4, 0.5) is 0 Å². The molecule has 26 heavy (non-hydrogen) atoms. The summed E-state index contributed by atoms with van der Waals surface area (Å²) in [6.07, 6.45) is 6.57. The maximum atomic E-state index is 13.1. The molecule has 2 saturated heterocycles. The van der Waals surface area contributed by atoms with Crippen LogP contribution in [0.3, 0.4) is 0 Å². The van der Waals surface area contributed by atoms with Crippen molar-refractivity contribution in [2.75, 3.05) is 31.9 Å². The number of likely N-dealkylation sites (tertiary alicyclic amines) is 2. The second-order valence-electron chi connectivity index (χ2n) is 7.87. The average Bonchev–Trinajstić information content (AvgIpc) is 3.20. The van der Waals surface area contributed by atoms with E-state index < -0.39 is 0 Å². The fourth-order valence-electron chi connectivity index (χ4n) is 4.33. The van der Waals surface area contributed by atoms with Gasteiger partial charge in [-0.05, 0) is 38.0 Å². The maximum absolute atomic E-state index is 13.1. The standard InChI is InChI=1S/C18H26N4O3S/c1-13-19-20-17(25-13)26-11-15(23)22-9-7-18(12-22)6-3-8-21(16(18)24)10-14-4-2-5-14/h14H,2-12H2,1H3/t18-/m0/s1. The highest BCUT2D eigenvalue weighted by Crippen LogP contribution is 2.41. The summed E-state index contributed by atoms with van der Waals surface area (Å²) in [7, 11) is 0. The second kappa shape index (κ2) is 7.21. The molecule has 8 heteroatoms. The van der Waals surface area contributed by atoms with Crippen LogP contribution in [0.15, 0.2) is 9.64 Å². The lowest BCUT2D eigenvalue weighted by Gasteiger charge is -2.42. The topological polar surface area (TPSA) is 79.5 Å². The predicted molar refractivity (Wildman–Crippen MR) is 96.5 cm³/mol. The summed E-state index contributed by atoms with van der Waals surface area (Å²) in [5, 5.41) is 8.10. The minimum atomic E-state index is -0.344. The zero-order valence-corrected chi connectivity index (χ0v) is 16.1. The Balaban J connectivity index is 1.33. The molecule has 0 bridgehead atoms. The van der Waals surface area contributed by atoms with Gasteiger partial charge in [-0.2, -0.15) is 0 Å². The van der Waals surface area contributed by atoms with E-state index in [1.54, 1.807) is 6.92 Å². The van der Waals surface area contributed by atoms with Crippen molar-refractivity contribution in [3.05, 3.63) is 5.89 Å². The van der Waals surface area contributed by atoms with Crippen LogP contribution < -0.4 is 0 Å². The maximum Gasteiger partial charge on any atom is 0.277 e. The molecule has 3 heterocycles. The number of amides is 2. The Morgan fingerprint density at radius 3 is 2.81 bits per heavy atom. The van der Waals surface area contributed by atoms with Crippen LogP contribution in [-0.4, -0.2) is 63.7 Å². The van der Waals surface area contributed by atoms with E-state index in [4.69, 9.17) is 4.42 Å². The van der Waals surface area contributed by atoms with Crippen molar-refractivity contribution in [2.24, 2.45) is 11.3 Å². The molecule has 142 valence electrons. The third-order valence-corrected chi connectivity index (χ3v) is 6.86. The van der Waals surface area contributed by atoms with Crippen molar-refractivity contribution in [1.29, 1.82) is 0 Å². The van der Waals surface area contributed by atoms with Crippen LogP contribution in [0.25, 0.3) is 0 Å². The van der Waals surface area contributed by atoms with E-state index in [2.05, 4.69) is 15.1 Å². The van der Waals surface area contributed by atoms with Crippen molar-refractivity contribution >= 4 is 23.6 Å². The number of aromatic nitrogens is 2. The van der Waals surface area contributed by atoms with Crippen LogP contribution in [0, 0.1) is 18.3 Å². The average molecular weight is 378 g/mol. The molecular formula is C18H26N4O3S. The number of piperidine rings is 1. The van der Waals surface area contributed by atoms with Gasteiger partial charge in [0.15, 0.2) is 0 Å². The fraction of sp³-hybridized carbons (Fsp3) is 0.778. The first-order valence-corrected chi connectivity index (χ1v) is 10.5. The molecule has 2 amide bonds. The lowest BCUT2D eigenvalue weighted by Crippen LogP contribution is -2.52. The lowest BCUT2D eigenvalue weighted by atomic mass is 9.77. The molecule has 3 fully saturated rings. The highest BCUT2D eigenvalue weighted by molar-refractivity contribution is 7.99. The van der Waals surface area contributed by atoms with Crippen molar-refractivity contribution in [2.45, 2.75) is 50.7 Å². The molecule has 1 spiro atoms. The molecule has 1 aromatic rings. The summed E-state index contributed by atoms with van der Waals surface area (Å²) >= 11 is 1.26. The van der Waals surface area contributed by atoms with E-state index in [-0.39, 0.29) is 23.0 Å². The number of carbonyl (C=O) groups is 2. The van der Waals surface area contributed by atoms with Gasteiger partial charge in [0, 0.05) is 33.1 Å². The van der Waals surface area contributed by atoms with E-state index in [0.717, 1.165) is 32.4 Å². The Bertz CT molecular complexity index is 690. The molecule has 4 rings (SSSR count). The summed E-state index contributed by atoms with van der Waals surface area (Å²) in [4.78, 5) is 29.6. The molecule has 0 N–H and O–H groups in total. The molecule has 1 aliphatic carbocycles. The third-order valence-electron chi connectivity index (χ3n) is 6.06. The molecule has 1 atom stereocenters. The van der Waals surface area contributed by atoms with Gasteiger partial charge in [0.05, 0.1) is 11.2 Å². The Labute approximate surface area is 157 Å². The monoisotopic (exact) mass is 378 g/mol. The van der Waals surface area contributed by atoms with Crippen molar-refractivity contribution < 1.29 is 14.0 Å². The number of hydrogen-bond acceptors (Lipinski definition) is 6. The van der Waals surface area contributed by atoms with Gasteiger partial charge in [0.25, 0.3) is 5.22 Å². The van der Waals surface area contributed by atoms with Crippen LogP contribution in [-0.2, 0) is 9.59 Å². The smallest absolute Gasteiger partial charge is 0.277 e. The minimum absolute atomic E-state index is 0.0478. The molecule has 2 aliphatic heterocycles. The van der Waals surface area contributed by atoms with E-state index in [0.29, 0.717) is 30.1 Å². The molecule has 1 saturated carbocycles. The van der Waals surface area contributed by atoms with Crippen LogP contribution in [0.2, 0.25) is 0 Å². The van der Waals surface area contributed by atoms with E-state index in [1.807, 2.05) is 4.90 Å². The van der Waals surface area contributed by atoms with Crippen molar-refractivity contribution in [3.63, 3.8) is 0 Å². The predicted octanol–water partition coefficient (Wildman–Crippen LogP) is 2.11. The van der Waals surface area contributed by atoms with Gasteiger partial charge in [0.1, 0.15) is 0 Å². The summed E-state index contributed by atoms with van der Waals surface area (Å²) < 4.78 is 5.30. The molecule has 7 nitrogen and oxygen atoms in total. The quantitative estimate of drug-likeness (QED) is 0.730.